The van der Waals surface area contributed by atoms with Gasteiger partial charge in [0.05, 0.1) is 22.0 Å². The van der Waals surface area contributed by atoms with Crippen molar-refractivity contribution in [3.8, 4) is 16.9 Å². The number of hydrogen-bond donors (Lipinski definition) is 0. The first-order valence-electron chi connectivity index (χ1n) is 8.51. The maximum absolute atomic E-state index is 11.7. The zero-order valence-corrected chi connectivity index (χ0v) is 15.0. The van der Waals surface area contributed by atoms with E-state index in [0.29, 0.717) is 4.90 Å². The van der Waals surface area contributed by atoms with Crippen LogP contribution >= 0.6 is 0 Å². The Bertz CT molecular complexity index is 1000. The first-order valence-corrected chi connectivity index (χ1v) is 10.4. The Morgan fingerprint density at radius 3 is 2.28 bits per heavy atom. The summed E-state index contributed by atoms with van der Waals surface area (Å²) in [4.78, 5) is 0.328. The number of benzene rings is 2. The van der Waals surface area contributed by atoms with Crippen molar-refractivity contribution in [2.45, 2.75) is 30.6 Å². The summed E-state index contributed by atoms with van der Waals surface area (Å²) in [7, 11) is -3.20. The van der Waals surface area contributed by atoms with Crippen molar-refractivity contribution in [3.05, 3.63) is 65.9 Å². The highest BCUT2D eigenvalue weighted by Gasteiger charge is 2.22. The summed E-state index contributed by atoms with van der Waals surface area (Å²) >= 11 is 0. The Kier molecular flexibility index (Phi) is 3.96. The molecule has 0 amide bonds. The molecule has 3 aromatic rings. The average Bonchev–Trinajstić information content (AvgIpc) is 3.01. The third-order valence-electron chi connectivity index (χ3n) is 4.71. The molecule has 1 heterocycles. The lowest BCUT2D eigenvalue weighted by Crippen LogP contribution is -2.02. The average molecular weight is 352 g/mol. The van der Waals surface area contributed by atoms with Crippen LogP contribution in [0.2, 0.25) is 0 Å². The Hall–Kier alpha value is -2.40. The zero-order chi connectivity index (χ0) is 17.4. The van der Waals surface area contributed by atoms with Gasteiger partial charge in [0.15, 0.2) is 9.84 Å². The van der Waals surface area contributed by atoms with Gasteiger partial charge in [-0.1, -0.05) is 30.3 Å². The number of rotatable bonds is 3. The molecular weight excluding hydrogens is 332 g/mol. The number of fused-ring (bicyclic) bond motifs is 1. The van der Waals surface area contributed by atoms with E-state index in [9.17, 15) is 8.42 Å². The first kappa shape index (κ1) is 16.1. The third kappa shape index (κ3) is 3.00. The smallest absolute Gasteiger partial charge is 0.175 e. The fraction of sp³-hybridized carbons (Fsp3) is 0.250. The van der Waals surface area contributed by atoms with Gasteiger partial charge in [-0.05, 0) is 49.9 Å². The number of hydrogen-bond acceptors (Lipinski definition) is 3. The topological polar surface area (TPSA) is 52.0 Å². The van der Waals surface area contributed by atoms with Crippen LogP contribution in [0.15, 0.2) is 59.5 Å². The minimum Gasteiger partial charge on any atom is -0.233 e. The Morgan fingerprint density at radius 1 is 0.920 bits per heavy atom. The van der Waals surface area contributed by atoms with Crippen LogP contribution < -0.4 is 0 Å². The molecule has 0 saturated heterocycles. The SMILES string of the molecule is CS(=O)(=O)c1ccc(-n2nc3c(c2-c2ccccc2)CCCC3)cc1. The highest BCUT2D eigenvalue weighted by atomic mass is 32.2. The van der Waals surface area contributed by atoms with E-state index in [0.717, 1.165) is 35.5 Å². The van der Waals surface area contributed by atoms with Crippen molar-refractivity contribution < 1.29 is 8.42 Å². The second-order valence-corrected chi connectivity index (χ2v) is 8.54. The molecule has 0 radical (unpaired) electrons. The monoisotopic (exact) mass is 352 g/mol. The van der Waals surface area contributed by atoms with Gasteiger partial charge in [0.1, 0.15) is 0 Å². The van der Waals surface area contributed by atoms with E-state index in [-0.39, 0.29) is 0 Å². The van der Waals surface area contributed by atoms with Crippen molar-refractivity contribution in [3.63, 3.8) is 0 Å². The van der Waals surface area contributed by atoms with Crippen molar-refractivity contribution >= 4 is 9.84 Å². The molecule has 5 heteroatoms. The van der Waals surface area contributed by atoms with Crippen LogP contribution in [0.3, 0.4) is 0 Å². The highest BCUT2D eigenvalue weighted by Crippen LogP contribution is 2.33. The maximum atomic E-state index is 11.7. The van der Waals surface area contributed by atoms with E-state index in [1.807, 2.05) is 35.0 Å². The molecule has 0 bridgehead atoms. The van der Waals surface area contributed by atoms with Gasteiger partial charge in [0, 0.05) is 17.4 Å². The fourth-order valence-corrected chi connectivity index (χ4v) is 4.10. The van der Waals surface area contributed by atoms with Gasteiger partial charge in [0.25, 0.3) is 0 Å². The van der Waals surface area contributed by atoms with Crippen LogP contribution in [-0.4, -0.2) is 24.5 Å². The highest BCUT2D eigenvalue weighted by molar-refractivity contribution is 7.90. The molecule has 0 unspecified atom stereocenters. The molecule has 128 valence electrons. The van der Waals surface area contributed by atoms with Gasteiger partial charge >= 0.3 is 0 Å². The van der Waals surface area contributed by atoms with Crippen LogP contribution in [0.4, 0.5) is 0 Å². The summed E-state index contributed by atoms with van der Waals surface area (Å²) in [6, 6.07) is 17.3. The van der Waals surface area contributed by atoms with Crippen molar-refractivity contribution in [1.82, 2.24) is 9.78 Å². The van der Waals surface area contributed by atoms with E-state index >= 15 is 0 Å². The van der Waals surface area contributed by atoms with E-state index in [2.05, 4.69) is 12.1 Å². The number of aryl methyl sites for hydroxylation is 1. The van der Waals surface area contributed by atoms with E-state index in [4.69, 9.17) is 5.10 Å². The summed E-state index contributed by atoms with van der Waals surface area (Å²) < 4.78 is 25.4. The van der Waals surface area contributed by atoms with Gasteiger partial charge in [-0.25, -0.2) is 13.1 Å². The third-order valence-corrected chi connectivity index (χ3v) is 5.84. The van der Waals surface area contributed by atoms with E-state index < -0.39 is 9.84 Å². The quantitative estimate of drug-likeness (QED) is 0.720. The first-order chi connectivity index (χ1) is 12.0. The Labute approximate surface area is 148 Å². The summed E-state index contributed by atoms with van der Waals surface area (Å²) in [5, 5.41) is 4.86. The van der Waals surface area contributed by atoms with Crippen molar-refractivity contribution in [1.29, 1.82) is 0 Å². The minimum absolute atomic E-state index is 0.328. The van der Waals surface area contributed by atoms with Gasteiger partial charge in [-0.15, -0.1) is 0 Å². The van der Waals surface area contributed by atoms with Gasteiger partial charge in [0.2, 0.25) is 0 Å². The molecule has 1 aliphatic carbocycles. The lowest BCUT2D eigenvalue weighted by Gasteiger charge is -2.12. The van der Waals surface area contributed by atoms with E-state index in [1.165, 1.54) is 24.7 Å². The second kappa shape index (κ2) is 6.15. The molecule has 1 aromatic heterocycles. The molecule has 25 heavy (non-hydrogen) atoms. The zero-order valence-electron chi connectivity index (χ0n) is 14.1. The summed E-state index contributed by atoms with van der Waals surface area (Å²) in [6.45, 7) is 0. The van der Waals surface area contributed by atoms with Crippen molar-refractivity contribution in [2.24, 2.45) is 0 Å². The standard InChI is InChI=1S/C20H20N2O2S/c1-25(23,24)17-13-11-16(12-14-17)22-20(15-7-3-2-4-8-15)18-9-5-6-10-19(18)21-22/h2-4,7-8,11-14H,5-6,9-10H2,1H3. The lowest BCUT2D eigenvalue weighted by molar-refractivity contribution is 0.602. The van der Waals surface area contributed by atoms with Crippen LogP contribution in [0, 0.1) is 0 Å². The van der Waals surface area contributed by atoms with Crippen LogP contribution in [0.1, 0.15) is 24.1 Å². The maximum Gasteiger partial charge on any atom is 0.175 e. The molecule has 4 rings (SSSR count). The lowest BCUT2D eigenvalue weighted by atomic mass is 9.93. The summed E-state index contributed by atoms with van der Waals surface area (Å²) in [5.74, 6) is 0. The van der Waals surface area contributed by atoms with Crippen LogP contribution in [0.5, 0.6) is 0 Å². The Balaban J connectivity index is 1.89. The summed E-state index contributed by atoms with van der Waals surface area (Å²) in [6.07, 6.45) is 5.63. The van der Waals surface area contributed by atoms with Gasteiger partial charge < -0.3 is 0 Å². The molecule has 0 spiro atoms. The minimum atomic E-state index is -3.20. The van der Waals surface area contributed by atoms with Crippen LogP contribution in [-0.2, 0) is 22.7 Å². The number of nitrogens with zero attached hydrogens (tertiary/aromatic N) is 2. The van der Waals surface area contributed by atoms with Gasteiger partial charge in [-0.2, -0.15) is 5.10 Å². The van der Waals surface area contributed by atoms with Crippen LogP contribution in [0.25, 0.3) is 16.9 Å². The number of sulfone groups is 1. The fourth-order valence-electron chi connectivity index (χ4n) is 3.47. The molecule has 0 fully saturated rings. The largest absolute Gasteiger partial charge is 0.233 e. The molecule has 4 nitrogen and oxygen atoms in total. The summed E-state index contributed by atoms with van der Waals surface area (Å²) in [5.41, 5.74) is 5.65. The molecule has 2 aromatic carbocycles. The molecule has 1 aliphatic rings. The molecular formula is C20H20N2O2S. The normalized spacial score (nSPS) is 14.3. The van der Waals surface area contributed by atoms with Gasteiger partial charge in [-0.3, -0.25) is 0 Å². The molecule has 0 saturated carbocycles. The molecule has 0 aliphatic heterocycles. The predicted molar refractivity (Wildman–Crippen MR) is 98.8 cm³/mol. The van der Waals surface area contributed by atoms with E-state index in [1.54, 1.807) is 12.1 Å². The number of aromatic nitrogens is 2. The second-order valence-electron chi connectivity index (χ2n) is 6.52. The predicted octanol–water partition coefficient (Wildman–Crippen LogP) is 3.82. The van der Waals surface area contributed by atoms with Crippen molar-refractivity contribution in [2.75, 3.05) is 6.26 Å². The molecule has 0 atom stereocenters. The Morgan fingerprint density at radius 2 is 1.60 bits per heavy atom. The molecule has 0 N–H and O–H groups in total.